The van der Waals surface area contributed by atoms with Crippen molar-refractivity contribution in [2.24, 2.45) is 0 Å². The van der Waals surface area contributed by atoms with Gasteiger partial charge in [0.1, 0.15) is 0 Å². The van der Waals surface area contributed by atoms with Crippen LogP contribution in [0.4, 0.5) is 5.69 Å². The number of aliphatic hydroxyl groups excluding tert-OH is 1. The Hall–Kier alpha value is -4.19. The van der Waals surface area contributed by atoms with Crippen LogP contribution in [0.25, 0.3) is 0 Å². The number of carbonyl (C=O) groups is 3. The van der Waals surface area contributed by atoms with Gasteiger partial charge in [0.15, 0.2) is 11.5 Å². The molecule has 0 saturated carbocycles. The Balaban J connectivity index is 1.67. The maximum Gasteiger partial charge on any atom is 0.307 e. The molecule has 33 heavy (non-hydrogen) atoms. The summed E-state index contributed by atoms with van der Waals surface area (Å²) in [6.45, 7) is 0. The van der Waals surface area contributed by atoms with E-state index in [9.17, 15) is 19.5 Å². The number of ketones is 1. The Morgan fingerprint density at radius 3 is 2.03 bits per heavy atom. The van der Waals surface area contributed by atoms with Crippen LogP contribution in [0.2, 0.25) is 0 Å². The number of Topliss-reactive ketones (excluding diaryl/α,β-unsaturated/α-hetero) is 1. The second-order valence-corrected chi connectivity index (χ2v) is 7.90. The number of aliphatic carboxylic acids is 1. The molecular weight excluding hydrogens is 418 g/mol. The third-order valence-corrected chi connectivity index (χ3v) is 5.68. The van der Waals surface area contributed by atoms with Gasteiger partial charge in [0, 0.05) is 12.1 Å². The van der Waals surface area contributed by atoms with Crippen LogP contribution in [0.15, 0.2) is 96.3 Å². The van der Waals surface area contributed by atoms with Gasteiger partial charge in [0.25, 0.3) is 5.91 Å². The van der Waals surface area contributed by atoms with Gasteiger partial charge in [0.05, 0.1) is 18.0 Å². The first-order valence-electron chi connectivity index (χ1n) is 10.6. The Kier molecular flexibility index (Phi) is 6.36. The zero-order valence-corrected chi connectivity index (χ0v) is 17.8. The topological polar surface area (TPSA) is 94.9 Å². The van der Waals surface area contributed by atoms with Crippen LogP contribution < -0.4 is 4.90 Å². The molecule has 166 valence electrons. The first-order chi connectivity index (χ1) is 16.0. The average molecular weight is 441 g/mol. The summed E-state index contributed by atoms with van der Waals surface area (Å²) in [6.07, 6.45) is 0.518. The van der Waals surface area contributed by atoms with E-state index in [4.69, 9.17) is 5.11 Å². The zero-order valence-electron chi connectivity index (χ0n) is 17.8. The minimum absolute atomic E-state index is 0.0803. The summed E-state index contributed by atoms with van der Waals surface area (Å²) < 4.78 is 0. The fourth-order valence-corrected chi connectivity index (χ4v) is 4.09. The molecule has 4 rings (SSSR count). The molecular formula is C27H23NO5. The molecule has 3 aromatic rings. The molecule has 0 fully saturated rings. The number of amides is 1. The molecule has 2 N–H and O–H groups in total. The smallest absolute Gasteiger partial charge is 0.307 e. The molecule has 1 atom stereocenters. The number of aryl methyl sites for hydroxylation is 1. The average Bonchev–Trinajstić information content (AvgIpc) is 3.09. The van der Waals surface area contributed by atoms with Gasteiger partial charge in [-0.05, 0) is 35.2 Å². The number of aliphatic hydroxyl groups is 1. The van der Waals surface area contributed by atoms with Gasteiger partial charge in [0.2, 0.25) is 0 Å². The molecule has 3 aromatic carbocycles. The van der Waals surface area contributed by atoms with Crippen LogP contribution >= 0.6 is 0 Å². The van der Waals surface area contributed by atoms with E-state index in [2.05, 4.69) is 0 Å². The number of carboxylic acid groups (broad SMARTS) is 1. The monoisotopic (exact) mass is 441 g/mol. The highest BCUT2D eigenvalue weighted by Gasteiger charge is 2.44. The summed E-state index contributed by atoms with van der Waals surface area (Å²) in [4.78, 5) is 38.7. The van der Waals surface area contributed by atoms with Gasteiger partial charge < -0.3 is 10.2 Å². The van der Waals surface area contributed by atoms with E-state index in [1.807, 2.05) is 60.7 Å². The van der Waals surface area contributed by atoms with E-state index in [0.717, 1.165) is 5.56 Å². The number of hydrogen-bond acceptors (Lipinski definition) is 4. The lowest BCUT2D eigenvalue weighted by Gasteiger charge is -2.27. The van der Waals surface area contributed by atoms with Crippen LogP contribution in [0.1, 0.15) is 29.2 Å². The molecule has 0 radical (unpaired) electrons. The first kappa shape index (κ1) is 22.0. The Morgan fingerprint density at radius 2 is 1.42 bits per heavy atom. The molecule has 0 bridgehead atoms. The SMILES string of the molecule is O=C(O)Cc1ccc(N2C(=O)C(O)=C(C(=O)CCc3ccccc3)C2c2ccccc2)cc1. The normalized spacial score (nSPS) is 15.7. The quantitative estimate of drug-likeness (QED) is 0.540. The highest BCUT2D eigenvalue weighted by atomic mass is 16.4. The molecule has 0 aliphatic carbocycles. The molecule has 0 saturated heterocycles. The second-order valence-electron chi connectivity index (χ2n) is 7.90. The predicted octanol–water partition coefficient (Wildman–Crippen LogP) is 4.42. The lowest BCUT2D eigenvalue weighted by atomic mass is 9.93. The molecule has 6 nitrogen and oxygen atoms in total. The molecule has 1 heterocycles. The maximum atomic E-state index is 13.2. The van der Waals surface area contributed by atoms with Gasteiger partial charge in [-0.25, -0.2) is 0 Å². The number of anilines is 1. The maximum absolute atomic E-state index is 13.2. The first-order valence-corrected chi connectivity index (χ1v) is 10.6. The largest absolute Gasteiger partial charge is 0.503 e. The van der Waals surface area contributed by atoms with Crippen molar-refractivity contribution in [1.82, 2.24) is 0 Å². The molecule has 1 aliphatic rings. The number of carbonyl (C=O) groups excluding carboxylic acids is 2. The number of carboxylic acids is 1. The number of nitrogens with zero attached hydrogens (tertiary/aromatic N) is 1. The van der Waals surface area contributed by atoms with Gasteiger partial charge in [-0.2, -0.15) is 0 Å². The highest BCUT2D eigenvalue weighted by Crippen LogP contribution is 2.41. The van der Waals surface area contributed by atoms with Crippen LogP contribution in [0.5, 0.6) is 0 Å². The lowest BCUT2D eigenvalue weighted by molar-refractivity contribution is -0.136. The van der Waals surface area contributed by atoms with E-state index in [1.165, 1.54) is 4.90 Å². The predicted molar refractivity (Wildman–Crippen MR) is 124 cm³/mol. The van der Waals surface area contributed by atoms with Crippen molar-refractivity contribution < 1.29 is 24.6 Å². The Morgan fingerprint density at radius 1 is 0.818 bits per heavy atom. The molecule has 0 spiro atoms. The summed E-state index contributed by atoms with van der Waals surface area (Å²) in [5, 5.41) is 19.8. The molecule has 1 amide bonds. The van der Waals surface area contributed by atoms with Gasteiger partial charge >= 0.3 is 5.97 Å². The van der Waals surface area contributed by atoms with Crippen molar-refractivity contribution in [3.8, 4) is 0 Å². The van der Waals surface area contributed by atoms with Crippen LogP contribution in [0.3, 0.4) is 0 Å². The Labute approximate surface area is 191 Å². The fraction of sp³-hybridized carbons (Fsp3) is 0.148. The van der Waals surface area contributed by atoms with Crippen molar-refractivity contribution >= 4 is 23.3 Å². The standard InChI is InChI=1S/C27H23NO5/c29-22(16-13-18-7-3-1-4-8-18)24-25(20-9-5-2-6-10-20)28(27(33)26(24)32)21-14-11-19(12-15-21)17-23(30)31/h1-12,14-15,25,32H,13,16-17H2,(H,30,31). The van der Waals surface area contributed by atoms with Gasteiger partial charge in [-0.15, -0.1) is 0 Å². The molecule has 1 unspecified atom stereocenters. The molecule has 6 heteroatoms. The van der Waals surface area contributed by atoms with E-state index in [-0.39, 0.29) is 24.2 Å². The lowest BCUT2D eigenvalue weighted by Crippen LogP contribution is -2.31. The third kappa shape index (κ3) is 4.70. The number of rotatable bonds is 8. The highest BCUT2D eigenvalue weighted by molar-refractivity contribution is 6.16. The van der Waals surface area contributed by atoms with Crippen LogP contribution in [-0.4, -0.2) is 27.9 Å². The van der Waals surface area contributed by atoms with Crippen molar-refractivity contribution in [2.45, 2.75) is 25.3 Å². The summed E-state index contributed by atoms with van der Waals surface area (Å²) >= 11 is 0. The second kappa shape index (κ2) is 9.53. The minimum Gasteiger partial charge on any atom is -0.503 e. The minimum atomic E-state index is -0.951. The van der Waals surface area contributed by atoms with Gasteiger partial charge in [-0.1, -0.05) is 72.8 Å². The molecule has 0 aromatic heterocycles. The van der Waals surface area contributed by atoms with Crippen molar-refractivity contribution in [2.75, 3.05) is 4.90 Å². The molecule has 1 aliphatic heterocycles. The van der Waals surface area contributed by atoms with Crippen molar-refractivity contribution in [3.63, 3.8) is 0 Å². The van der Waals surface area contributed by atoms with Gasteiger partial charge in [-0.3, -0.25) is 19.3 Å². The zero-order chi connectivity index (χ0) is 23.4. The number of benzene rings is 3. The summed E-state index contributed by atoms with van der Waals surface area (Å²) in [7, 11) is 0. The van der Waals surface area contributed by atoms with E-state index in [1.54, 1.807) is 24.3 Å². The van der Waals surface area contributed by atoms with E-state index < -0.39 is 23.7 Å². The third-order valence-electron chi connectivity index (χ3n) is 5.68. The van der Waals surface area contributed by atoms with Crippen LogP contribution in [-0.2, 0) is 27.2 Å². The van der Waals surface area contributed by atoms with E-state index in [0.29, 0.717) is 23.2 Å². The van der Waals surface area contributed by atoms with Crippen molar-refractivity contribution in [1.29, 1.82) is 0 Å². The summed E-state index contributed by atoms with van der Waals surface area (Å²) in [6, 6.07) is 24.4. The summed E-state index contributed by atoms with van der Waals surface area (Å²) in [5.74, 6) is -2.44. The van der Waals surface area contributed by atoms with Crippen molar-refractivity contribution in [3.05, 3.63) is 113 Å². The van der Waals surface area contributed by atoms with Crippen LogP contribution in [0, 0.1) is 0 Å². The van der Waals surface area contributed by atoms with E-state index >= 15 is 0 Å². The number of hydrogen-bond donors (Lipinski definition) is 2. The Bertz CT molecular complexity index is 1200. The summed E-state index contributed by atoms with van der Waals surface area (Å²) in [5.41, 5.74) is 2.84. The fourth-order valence-electron chi connectivity index (χ4n) is 4.09.